The number of carbonyl (C=O) groups excluding carboxylic acids is 3. The molecule has 2 amide bonds. The molecule has 1 atom stereocenters. The van der Waals surface area contributed by atoms with Crippen LogP contribution in [-0.2, 0) is 28.6 Å². The topological polar surface area (TPSA) is 102 Å². The first kappa shape index (κ1) is 20.0. The van der Waals surface area contributed by atoms with Crippen LogP contribution in [0.2, 0.25) is 0 Å². The van der Waals surface area contributed by atoms with Gasteiger partial charge in [-0.25, -0.2) is 0 Å². The van der Waals surface area contributed by atoms with Crippen LogP contribution in [0.4, 0.5) is 0 Å². The number of aliphatic hydroxyl groups is 1. The molecule has 9 heteroatoms. The Morgan fingerprint density at radius 3 is 2.13 bits per heavy atom. The minimum Gasteiger partial charge on any atom is -0.394 e. The highest BCUT2D eigenvalue weighted by atomic mass is 32.2. The predicted octanol–water partition coefficient (Wildman–Crippen LogP) is -0.217. The van der Waals surface area contributed by atoms with E-state index in [-0.39, 0.29) is 56.2 Å². The Morgan fingerprint density at radius 1 is 1.09 bits per heavy atom. The Labute approximate surface area is 139 Å². The molecule has 0 aromatic heterocycles. The summed E-state index contributed by atoms with van der Waals surface area (Å²) in [5.74, 6) is -0.538. The van der Waals surface area contributed by atoms with Crippen molar-refractivity contribution in [3.63, 3.8) is 0 Å². The lowest BCUT2D eigenvalue weighted by atomic mass is 10.4. The van der Waals surface area contributed by atoms with Crippen molar-refractivity contribution in [1.82, 2.24) is 4.90 Å². The van der Waals surface area contributed by atoms with Crippen molar-refractivity contribution in [3.8, 4) is 0 Å². The van der Waals surface area contributed by atoms with Gasteiger partial charge in [-0.05, 0) is 0 Å². The zero-order valence-electron chi connectivity index (χ0n) is 13.2. The highest BCUT2D eigenvalue weighted by Crippen LogP contribution is 2.24. The second-order valence-corrected chi connectivity index (χ2v) is 6.10. The molecule has 8 nitrogen and oxygen atoms in total. The molecule has 1 unspecified atom stereocenters. The molecule has 23 heavy (non-hydrogen) atoms. The predicted molar refractivity (Wildman–Crippen MR) is 82.7 cm³/mol. The first-order valence-corrected chi connectivity index (χ1v) is 8.30. The van der Waals surface area contributed by atoms with E-state index in [1.54, 1.807) is 0 Å². The molecule has 0 spiro atoms. The highest BCUT2D eigenvalue weighted by Gasteiger charge is 2.36. The summed E-state index contributed by atoms with van der Waals surface area (Å²) in [5, 5.41) is 7.72. The van der Waals surface area contributed by atoms with Crippen LogP contribution in [0.15, 0.2) is 0 Å². The van der Waals surface area contributed by atoms with E-state index in [2.05, 4.69) is 0 Å². The van der Waals surface area contributed by atoms with Gasteiger partial charge in [0.25, 0.3) is 0 Å². The number of ether oxygens (including phenoxy) is 3. The van der Waals surface area contributed by atoms with Crippen LogP contribution >= 0.6 is 11.8 Å². The molecule has 1 aliphatic rings. The number of aliphatic hydroxyl groups excluding tert-OH is 1. The maximum absolute atomic E-state index is 11.7. The molecular formula is C14H23NO7S. The molecule has 1 aliphatic heterocycles. The first-order chi connectivity index (χ1) is 11.1. The van der Waals surface area contributed by atoms with Crippen LogP contribution in [0.5, 0.6) is 0 Å². The SMILES string of the molecule is CC(=O)SC(COCCOCCOCCO)N1C(=O)CCC1=O. The molecule has 1 saturated heterocycles. The van der Waals surface area contributed by atoms with E-state index in [1.807, 2.05) is 0 Å². The molecule has 0 radical (unpaired) electrons. The fourth-order valence-corrected chi connectivity index (χ4v) is 2.84. The number of hydrogen-bond donors (Lipinski definition) is 1. The number of amides is 2. The molecule has 1 rings (SSSR count). The second-order valence-electron chi connectivity index (χ2n) is 4.74. The number of thioether (sulfide) groups is 1. The molecule has 1 heterocycles. The number of imide groups is 1. The monoisotopic (exact) mass is 349 g/mol. The lowest BCUT2D eigenvalue weighted by Gasteiger charge is -2.24. The van der Waals surface area contributed by atoms with Crippen molar-refractivity contribution in [3.05, 3.63) is 0 Å². The Morgan fingerprint density at radius 2 is 1.61 bits per heavy atom. The van der Waals surface area contributed by atoms with Gasteiger partial charge in [0.1, 0.15) is 5.37 Å². The quantitative estimate of drug-likeness (QED) is 0.381. The average molecular weight is 349 g/mol. The van der Waals surface area contributed by atoms with Gasteiger partial charge in [0.15, 0.2) is 5.12 Å². The summed E-state index contributed by atoms with van der Waals surface area (Å²) in [6.07, 6.45) is 0.371. The zero-order valence-corrected chi connectivity index (χ0v) is 14.0. The van der Waals surface area contributed by atoms with Gasteiger partial charge in [0.05, 0.1) is 46.2 Å². The fourth-order valence-electron chi connectivity index (χ4n) is 1.96. The third kappa shape index (κ3) is 7.89. The normalized spacial score (nSPS) is 16.2. The maximum Gasteiger partial charge on any atom is 0.230 e. The van der Waals surface area contributed by atoms with Gasteiger partial charge in [0.2, 0.25) is 11.8 Å². The van der Waals surface area contributed by atoms with Crippen LogP contribution < -0.4 is 0 Å². The van der Waals surface area contributed by atoms with Gasteiger partial charge in [-0.3, -0.25) is 19.3 Å². The summed E-state index contributed by atoms with van der Waals surface area (Å²) < 4.78 is 15.7. The van der Waals surface area contributed by atoms with Crippen LogP contribution in [0.1, 0.15) is 19.8 Å². The van der Waals surface area contributed by atoms with Crippen molar-refractivity contribution in [2.45, 2.75) is 25.1 Å². The summed E-state index contributed by atoms with van der Waals surface area (Å²) in [7, 11) is 0. The summed E-state index contributed by atoms with van der Waals surface area (Å²) >= 11 is 0.918. The van der Waals surface area contributed by atoms with Crippen LogP contribution in [-0.4, -0.2) is 78.6 Å². The van der Waals surface area contributed by atoms with E-state index < -0.39 is 5.37 Å². The minimum absolute atomic E-state index is 0.0216. The van der Waals surface area contributed by atoms with Crippen molar-refractivity contribution in [2.24, 2.45) is 0 Å². The molecule has 0 bridgehead atoms. The number of nitrogens with zero attached hydrogens (tertiary/aromatic N) is 1. The van der Waals surface area contributed by atoms with Gasteiger partial charge in [-0.15, -0.1) is 0 Å². The van der Waals surface area contributed by atoms with E-state index in [4.69, 9.17) is 19.3 Å². The third-order valence-corrected chi connectivity index (χ3v) is 3.87. The van der Waals surface area contributed by atoms with Crippen molar-refractivity contribution < 1.29 is 33.7 Å². The lowest BCUT2D eigenvalue weighted by molar-refractivity contribution is -0.140. The molecule has 0 aromatic carbocycles. The van der Waals surface area contributed by atoms with Crippen molar-refractivity contribution in [2.75, 3.05) is 46.2 Å². The van der Waals surface area contributed by atoms with Crippen LogP contribution in [0.3, 0.4) is 0 Å². The van der Waals surface area contributed by atoms with Crippen molar-refractivity contribution in [1.29, 1.82) is 0 Å². The van der Waals surface area contributed by atoms with Crippen molar-refractivity contribution >= 4 is 28.7 Å². The number of carbonyl (C=O) groups is 3. The second kappa shape index (κ2) is 11.5. The number of likely N-dealkylation sites (tertiary alicyclic amines) is 1. The van der Waals surface area contributed by atoms with Crippen LogP contribution in [0, 0.1) is 0 Å². The van der Waals surface area contributed by atoms with Gasteiger partial charge >= 0.3 is 0 Å². The Hall–Kier alpha value is -1.00. The fraction of sp³-hybridized carbons (Fsp3) is 0.786. The largest absolute Gasteiger partial charge is 0.394 e. The lowest BCUT2D eigenvalue weighted by Crippen LogP contribution is -2.41. The zero-order chi connectivity index (χ0) is 17.1. The summed E-state index contributed by atoms with van der Waals surface area (Å²) in [5.41, 5.74) is 0. The number of hydrogen-bond acceptors (Lipinski definition) is 8. The minimum atomic E-state index is -0.622. The molecule has 132 valence electrons. The van der Waals surface area contributed by atoms with Crippen LogP contribution in [0.25, 0.3) is 0 Å². The molecule has 0 aromatic rings. The van der Waals surface area contributed by atoms with Gasteiger partial charge < -0.3 is 19.3 Å². The Bertz CT molecular complexity index is 389. The molecule has 0 saturated carbocycles. The standard InChI is InChI=1S/C14H23NO7S/c1-11(17)23-14(15-12(18)2-3-13(15)19)10-22-9-8-21-7-6-20-5-4-16/h14,16H,2-10H2,1H3. The van der Waals surface area contributed by atoms with E-state index in [0.717, 1.165) is 16.7 Å². The Kier molecular flexibility index (Phi) is 10.0. The van der Waals surface area contributed by atoms with Gasteiger partial charge in [0, 0.05) is 19.8 Å². The van der Waals surface area contributed by atoms with E-state index in [1.165, 1.54) is 6.92 Å². The molecule has 1 N–H and O–H groups in total. The highest BCUT2D eigenvalue weighted by molar-refractivity contribution is 8.14. The van der Waals surface area contributed by atoms with E-state index in [9.17, 15) is 14.4 Å². The van der Waals surface area contributed by atoms with Gasteiger partial charge in [-0.1, -0.05) is 11.8 Å². The molecule has 0 aliphatic carbocycles. The Balaban J connectivity index is 2.23. The summed E-state index contributed by atoms with van der Waals surface area (Å²) in [6, 6.07) is 0. The average Bonchev–Trinajstić information content (AvgIpc) is 2.83. The molecular weight excluding hydrogens is 326 g/mol. The third-order valence-electron chi connectivity index (χ3n) is 2.92. The smallest absolute Gasteiger partial charge is 0.230 e. The number of rotatable bonds is 12. The summed E-state index contributed by atoms with van der Waals surface area (Å²) in [6.45, 7) is 3.13. The first-order valence-electron chi connectivity index (χ1n) is 7.42. The molecule has 1 fully saturated rings. The van der Waals surface area contributed by atoms with Gasteiger partial charge in [-0.2, -0.15) is 0 Å². The maximum atomic E-state index is 11.7. The van der Waals surface area contributed by atoms with E-state index in [0.29, 0.717) is 19.8 Å². The van der Waals surface area contributed by atoms with E-state index >= 15 is 0 Å². The summed E-state index contributed by atoms with van der Waals surface area (Å²) in [4.78, 5) is 35.9.